The minimum Gasteiger partial charge on any atom is -0.490 e. The molecule has 0 saturated carbocycles. The fourth-order valence-electron chi connectivity index (χ4n) is 1.61. The van der Waals surface area contributed by atoms with Crippen LogP contribution >= 0.6 is 12.4 Å². The fourth-order valence-corrected chi connectivity index (χ4v) is 1.61. The van der Waals surface area contributed by atoms with E-state index in [0.29, 0.717) is 13.2 Å². The van der Waals surface area contributed by atoms with E-state index in [1.54, 1.807) is 0 Å². The number of ether oxygens (including phenoxy) is 2. The van der Waals surface area contributed by atoms with Gasteiger partial charge < -0.3 is 14.8 Å². The molecule has 1 aromatic rings. The molecule has 0 aromatic heterocycles. The second kappa shape index (κ2) is 8.73. The first-order valence-corrected chi connectivity index (χ1v) is 6.54. The molecule has 20 heavy (non-hydrogen) atoms. The molecule has 4 heteroatoms. The number of halogens is 1. The van der Waals surface area contributed by atoms with Gasteiger partial charge in [0.25, 0.3) is 0 Å². The molecule has 0 saturated heterocycles. The second-order valence-electron chi connectivity index (χ2n) is 5.27. The Morgan fingerprint density at radius 2 is 1.95 bits per heavy atom. The first kappa shape index (κ1) is 18.6. The van der Waals surface area contributed by atoms with Crippen LogP contribution in [0.4, 0.5) is 0 Å². The van der Waals surface area contributed by atoms with E-state index in [1.807, 2.05) is 25.1 Å². The van der Waals surface area contributed by atoms with Gasteiger partial charge in [0.1, 0.15) is 6.61 Å². The Morgan fingerprint density at radius 3 is 2.50 bits per heavy atom. The third-order valence-corrected chi connectivity index (χ3v) is 2.47. The lowest BCUT2D eigenvalue weighted by atomic mass is 10.1. The Kier molecular flexibility index (Phi) is 8.13. The number of para-hydroxylation sites is 1. The Bertz CT molecular complexity index is 447. The molecular weight excluding hydrogens is 274 g/mol. The topological polar surface area (TPSA) is 30.5 Å². The summed E-state index contributed by atoms with van der Waals surface area (Å²) in [4.78, 5) is 0. The Balaban J connectivity index is 0.00000361. The van der Waals surface area contributed by atoms with Crippen LogP contribution < -0.4 is 14.8 Å². The van der Waals surface area contributed by atoms with Crippen molar-refractivity contribution in [3.05, 3.63) is 23.8 Å². The van der Waals surface area contributed by atoms with Gasteiger partial charge in [-0.3, -0.25) is 0 Å². The zero-order valence-corrected chi connectivity index (χ0v) is 13.5. The van der Waals surface area contributed by atoms with Crippen LogP contribution in [0.3, 0.4) is 0 Å². The van der Waals surface area contributed by atoms with Gasteiger partial charge in [0, 0.05) is 17.6 Å². The molecule has 1 rings (SSSR count). The SMILES string of the molecule is C#CCOc1c(CNC(C)(C)C)cccc1OCC.Cl. The van der Waals surface area contributed by atoms with Crippen molar-refractivity contribution in [1.29, 1.82) is 0 Å². The summed E-state index contributed by atoms with van der Waals surface area (Å²) in [5.74, 6) is 3.96. The molecule has 1 aromatic carbocycles. The highest BCUT2D eigenvalue weighted by Gasteiger charge is 2.14. The molecule has 0 bridgehead atoms. The summed E-state index contributed by atoms with van der Waals surface area (Å²) in [5.41, 5.74) is 1.10. The molecule has 3 nitrogen and oxygen atoms in total. The van der Waals surface area contributed by atoms with E-state index in [1.165, 1.54) is 0 Å². The Hall–Kier alpha value is -1.37. The number of rotatable bonds is 6. The minimum atomic E-state index is 0. The van der Waals surface area contributed by atoms with Crippen LogP contribution in [0.15, 0.2) is 18.2 Å². The summed E-state index contributed by atoms with van der Waals surface area (Å²) in [6.45, 7) is 9.88. The van der Waals surface area contributed by atoms with Crippen LogP contribution in [0.2, 0.25) is 0 Å². The van der Waals surface area contributed by atoms with E-state index in [4.69, 9.17) is 15.9 Å². The van der Waals surface area contributed by atoms with Gasteiger partial charge in [-0.25, -0.2) is 0 Å². The van der Waals surface area contributed by atoms with E-state index in [-0.39, 0.29) is 24.6 Å². The smallest absolute Gasteiger partial charge is 0.167 e. The van der Waals surface area contributed by atoms with Gasteiger partial charge in [-0.15, -0.1) is 18.8 Å². The maximum absolute atomic E-state index is 5.63. The van der Waals surface area contributed by atoms with E-state index in [2.05, 4.69) is 32.0 Å². The molecule has 0 fully saturated rings. The van der Waals surface area contributed by atoms with Crippen molar-refractivity contribution < 1.29 is 9.47 Å². The molecule has 0 aliphatic heterocycles. The Morgan fingerprint density at radius 1 is 1.25 bits per heavy atom. The zero-order valence-electron chi connectivity index (χ0n) is 12.7. The molecule has 0 atom stereocenters. The van der Waals surface area contributed by atoms with Crippen molar-refractivity contribution in [2.24, 2.45) is 0 Å². The van der Waals surface area contributed by atoms with Gasteiger partial charge in [-0.2, -0.15) is 0 Å². The largest absolute Gasteiger partial charge is 0.490 e. The second-order valence-corrected chi connectivity index (χ2v) is 5.27. The van der Waals surface area contributed by atoms with Crippen LogP contribution in [0.25, 0.3) is 0 Å². The van der Waals surface area contributed by atoms with Gasteiger partial charge in [0.2, 0.25) is 0 Å². The average Bonchev–Trinajstić information content (AvgIpc) is 2.34. The van der Waals surface area contributed by atoms with Crippen molar-refractivity contribution in [2.45, 2.75) is 39.8 Å². The monoisotopic (exact) mass is 297 g/mol. The van der Waals surface area contributed by atoms with Gasteiger partial charge in [0.05, 0.1) is 6.61 Å². The maximum atomic E-state index is 5.63. The van der Waals surface area contributed by atoms with Crippen molar-refractivity contribution >= 4 is 12.4 Å². The highest BCUT2D eigenvalue weighted by molar-refractivity contribution is 5.85. The third-order valence-electron chi connectivity index (χ3n) is 2.47. The predicted octanol–water partition coefficient (Wildman–Crippen LogP) is 3.41. The number of terminal acetylenes is 1. The third kappa shape index (κ3) is 6.18. The Labute approximate surface area is 128 Å². The number of hydrogen-bond donors (Lipinski definition) is 1. The summed E-state index contributed by atoms with van der Waals surface area (Å²) >= 11 is 0. The number of benzene rings is 1. The highest BCUT2D eigenvalue weighted by atomic mass is 35.5. The molecule has 0 unspecified atom stereocenters. The van der Waals surface area contributed by atoms with Crippen molar-refractivity contribution in [2.75, 3.05) is 13.2 Å². The van der Waals surface area contributed by atoms with Gasteiger partial charge >= 0.3 is 0 Å². The molecule has 0 aliphatic carbocycles. The fraction of sp³-hybridized carbons (Fsp3) is 0.500. The molecule has 112 valence electrons. The van der Waals surface area contributed by atoms with Crippen molar-refractivity contribution in [3.63, 3.8) is 0 Å². The van der Waals surface area contributed by atoms with E-state index in [9.17, 15) is 0 Å². The molecule has 0 radical (unpaired) electrons. The average molecular weight is 298 g/mol. The van der Waals surface area contributed by atoms with Crippen LogP contribution in [0.1, 0.15) is 33.3 Å². The van der Waals surface area contributed by atoms with Crippen LogP contribution in [-0.2, 0) is 6.54 Å². The van der Waals surface area contributed by atoms with Crippen LogP contribution in [-0.4, -0.2) is 18.8 Å². The maximum Gasteiger partial charge on any atom is 0.167 e. The first-order chi connectivity index (χ1) is 8.98. The molecular formula is C16H24ClNO2. The van der Waals surface area contributed by atoms with E-state index >= 15 is 0 Å². The standard InChI is InChI=1S/C16H23NO2.ClH/c1-6-11-19-15-13(12-17-16(3,4)5)9-8-10-14(15)18-7-2;/h1,8-10,17H,7,11-12H2,2-5H3;1H. The summed E-state index contributed by atoms with van der Waals surface area (Å²) in [6.07, 6.45) is 5.26. The lowest BCUT2D eigenvalue weighted by Crippen LogP contribution is -2.35. The van der Waals surface area contributed by atoms with Crippen molar-refractivity contribution in [3.8, 4) is 23.8 Å². The van der Waals surface area contributed by atoms with Gasteiger partial charge in [-0.1, -0.05) is 18.1 Å². The van der Waals surface area contributed by atoms with Gasteiger partial charge in [0.15, 0.2) is 11.5 Å². The minimum absolute atomic E-state index is 0. The molecule has 0 spiro atoms. The molecule has 0 aliphatic rings. The normalized spacial score (nSPS) is 10.3. The van der Waals surface area contributed by atoms with Crippen molar-refractivity contribution in [1.82, 2.24) is 5.32 Å². The first-order valence-electron chi connectivity index (χ1n) is 6.54. The number of hydrogen-bond acceptors (Lipinski definition) is 3. The lowest BCUT2D eigenvalue weighted by Gasteiger charge is -2.22. The highest BCUT2D eigenvalue weighted by Crippen LogP contribution is 2.31. The summed E-state index contributed by atoms with van der Waals surface area (Å²) in [5, 5.41) is 3.44. The quantitative estimate of drug-likeness (QED) is 0.816. The summed E-state index contributed by atoms with van der Waals surface area (Å²) in [6, 6.07) is 5.89. The zero-order chi connectivity index (χ0) is 14.3. The number of nitrogens with one attached hydrogen (secondary N) is 1. The van der Waals surface area contributed by atoms with Gasteiger partial charge in [-0.05, 0) is 33.8 Å². The summed E-state index contributed by atoms with van der Waals surface area (Å²) < 4.78 is 11.2. The molecule has 0 amide bonds. The van der Waals surface area contributed by atoms with Crippen LogP contribution in [0.5, 0.6) is 11.5 Å². The van der Waals surface area contributed by atoms with E-state index < -0.39 is 0 Å². The molecule has 1 N–H and O–H groups in total. The molecule has 0 heterocycles. The predicted molar refractivity (Wildman–Crippen MR) is 85.8 cm³/mol. The summed E-state index contributed by atoms with van der Waals surface area (Å²) in [7, 11) is 0. The van der Waals surface area contributed by atoms with Crippen LogP contribution in [0, 0.1) is 12.3 Å². The lowest BCUT2D eigenvalue weighted by molar-refractivity contribution is 0.295. The van der Waals surface area contributed by atoms with E-state index in [0.717, 1.165) is 17.1 Å².